The van der Waals surface area contributed by atoms with Crippen LogP contribution in [0.4, 0.5) is 0 Å². The van der Waals surface area contributed by atoms with Crippen molar-refractivity contribution in [1.29, 1.82) is 0 Å². The summed E-state index contributed by atoms with van der Waals surface area (Å²) in [4.78, 5) is 0. The van der Waals surface area contributed by atoms with Crippen molar-refractivity contribution < 1.29 is 10.4 Å². The molecule has 0 aromatic rings. The monoisotopic (exact) mass is 257 g/mol. The van der Waals surface area contributed by atoms with Crippen LogP contribution in [0.25, 0.3) is 0 Å². The molecule has 0 saturated heterocycles. The van der Waals surface area contributed by atoms with E-state index in [1.165, 1.54) is 0 Å². The Morgan fingerprint density at radius 2 is 1.88 bits per heavy atom. The number of hydrogen-bond acceptors (Lipinski definition) is 6. The van der Waals surface area contributed by atoms with Gasteiger partial charge in [-0.1, -0.05) is 24.2 Å². The van der Waals surface area contributed by atoms with Crippen LogP contribution in [0.3, 0.4) is 0 Å². The van der Waals surface area contributed by atoms with Crippen LogP contribution in [0.2, 0.25) is 0 Å². The van der Waals surface area contributed by atoms with E-state index in [1.807, 2.05) is 13.8 Å². The van der Waals surface area contributed by atoms with Gasteiger partial charge in [0.15, 0.2) is 10.8 Å². The van der Waals surface area contributed by atoms with Crippen LogP contribution in [0.1, 0.15) is 26.7 Å². The molecule has 1 fully saturated rings. The number of hydrazone groups is 1. The number of rotatable bonds is 1. The minimum absolute atomic E-state index is 0.0145. The summed E-state index contributed by atoms with van der Waals surface area (Å²) in [5.74, 6) is 0. The van der Waals surface area contributed by atoms with Gasteiger partial charge in [-0.05, 0) is 24.1 Å². The van der Waals surface area contributed by atoms with Crippen molar-refractivity contribution in [2.75, 3.05) is 0 Å². The molecule has 0 aliphatic heterocycles. The van der Waals surface area contributed by atoms with E-state index >= 15 is 0 Å². The van der Waals surface area contributed by atoms with Crippen LogP contribution < -0.4 is 11.2 Å². The first-order valence-corrected chi connectivity index (χ1v) is 5.36. The van der Waals surface area contributed by atoms with Gasteiger partial charge in [0.1, 0.15) is 5.71 Å². The largest absolute Gasteiger partial charge is 0.411 e. The number of nitrogens with zero attached hydrogens (tertiary/aromatic N) is 3. The van der Waals surface area contributed by atoms with Crippen LogP contribution in [0.5, 0.6) is 0 Å². The Balaban J connectivity index is 3.08. The van der Waals surface area contributed by atoms with Gasteiger partial charge >= 0.3 is 0 Å². The molecule has 94 valence electrons. The fraction of sp³-hybridized carbons (Fsp3) is 0.556. The lowest BCUT2D eigenvalue weighted by Gasteiger charge is -2.30. The molecule has 0 atom stereocenters. The second kappa shape index (κ2) is 5.09. The minimum Gasteiger partial charge on any atom is -0.411 e. The van der Waals surface area contributed by atoms with Gasteiger partial charge in [-0.3, -0.25) is 5.43 Å². The summed E-state index contributed by atoms with van der Waals surface area (Å²) in [6.45, 7) is 3.98. The molecule has 0 heterocycles. The molecule has 5 N–H and O–H groups in total. The van der Waals surface area contributed by atoms with Gasteiger partial charge in [-0.25, -0.2) is 0 Å². The van der Waals surface area contributed by atoms with E-state index < -0.39 is 0 Å². The molecule has 0 bridgehead atoms. The molecular formula is C9H15N5O2S. The molecule has 1 rings (SSSR count). The summed E-state index contributed by atoms with van der Waals surface area (Å²) in [5, 5.41) is 28.0. The van der Waals surface area contributed by atoms with Crippen LogP contribution in [-0.2, 0) is 0 Å². The van der Waals surface area contributed by atoms with Crippen molar-refractivity contribution in [3.63, 3.8) is 0 Å². The van der Waals surface area contributed by atoms with Gasteiger partial charge in [-0.15, -0.1) is 0 Å². The van der Waals surface area contributed by atoms with Crippen molar-refractivity contribution in [3.05, 3.63) is 0 Å². The molecule has 7 nitrogen and oxygen atoms in total. The van der Waals surface area contributed by atoms with Gasteiger partial charge in [0, 0.05) is 6.42 Å². The van der Waals surface area contributed by atoms with E-state index in [2.05, 4.69) is 33.1 Å². The summed E-state index contributed by atoms with van der Waals surface area (Å²) >= 11 is 4.63. The summed E-state index contributed by atoms with van der Waals surface area (Å²) in [5.41, 5.74) is 8.43. The molecule has 0 radical (unpaired) electrons. The number of oxime groups is 2. The third-order valence-electron chi connectivity index (χ3n) is 2.36. The Kier molecular flexibility index (Phi) is 4.00. The average molecular weight is 257 g/mol. The maximum Gasteiger partial charge on any atom is 0.184 e. The van der Waals surface area contributed by atoms with Gasteiger partial charge < -0.3 is 16.1 Å². The third kappa shape index (κ3) is 3.38. The molecule has 8 heteroatoms. The quantitative estimate of drug-likeness (QED) is 0.313. The third-order valence-corrected chi connectivity index (χ3v) is 2.45. The maximum absolute atomic E-state index is 8.92. The molecular weight excluding hydrogens is 242 g/mol. The zero-order valence-electron chi connectivity index (χ0n) is 9.64. The molecule has 1 aliphatic carbocycles. The lowest BCUT2D eigenvalue weighted by molar-refractivity contribution is 0.306. The molecule has 1 saturated carbocycles. The normalized spacial score (nSPS) is 26.4. The van der Waals surface area contributed by atoms with Gasteiger partial charge in [0.05, 0.1) is 5.71 Å². The predicted molar refractivity (Wildman–Crippen MR) is 68.8 cm³/mol. The smallest absolute Gasteiger partial charge is 0.184 e. The number of thiocarbonyl (C=S) groups is 1. The van der Waals surface area contributed by atoms with E-state index in [0.717, 1.165) is 0 Å². The van der Waals surface area contributed by atoms with Crippen molar-refractivity contribution in [2.45, 2.75) is 26.7 Å². The molecule has 0 aromatic carbocycles. The highest BCUT2D eigenvalue weighted by molar-refractivity contribution is 7.80. The number of hydrogen-bond donors (Lipinski definition) is 4. The van der Waals surface area contributed by atoms with Crippen LogP contribution >= 0.6 is 12.2 Å². The predicted octanol–water partition coefficient (Wildman–Crippen LogP) is 0.656. The van der Waals surface area contributed by atoms with E-state index in [4.69, 9.17) is 16.1 Å². The summed E-state index contributed by atoms with van der Waals surface area (Å²) < 4.78 is 0. The Hall–Kier alpha value is -1.70. The maximum atomic E-state index is 8.92. The van der Waals surface area contributed by atoms with Crippen LogP contribution in [0, 0.1) is 5.41 Å². The number of nitrogens with one attached hydrogen (secondary N) is 1. The SMILES string of the molecule is CC1(C)CC(=N/NC(N)=S)/C(=N\O)C(=N/O)/C1. The van der Waals surface area contributed by atoms with E-state index in [0.29, 0.717) is 18.6 Å². The fourth-order valence-corrected chi connectivity index (χ4v) is 1.76. The highest BCUT2D eigenvalue weighted by Crippen LogP contribution is 2.31. The second-order valence-electron chi connectivity index (χ2n) is 4.55. The standard InChI is InChI=1S/C9H15N5O2S/c1-9(2)3-5(11-12-8(10)17)7(14-16)6(4-9)13-15/h15-16H,3-4H2,1-2H3,(H3,10,12,17)/b11-5-,13-6+,14-7+. The number of nitrogens with two attached hydrogens (primary N) is 1. The zero-order chi connectivity index (χ0) is 13.1. The Labute approximate surface area is 104 Å². The molecule has 17 heavy (non-hydrogen) atoms. The zero-order valence-corrected chi connectivity index (χ0v) is 10.5. The Morgan fingerprint density at radius 3 is 2.35 bits per heavy atom. The van der Waals surface area contributed by atoms with Gasteiger partial charge in [-0.2, -0.15) is 5.10 Å². The van der Waals surface area contributed by atoms with Crippen molar-refractivity contribution >= 4 is 34.5 Å². The highest BCUT2D eigenvalue weighted by atomic mass is 32.1. The molecule has 0 amide bonds. The highest BCUT2D eigenvalue weighted by Gasteiger charge is 2.35. The summed E-state index contributed by atoms with van der Waals surface area (Å²) in [6.07, 6.45) is 1.05. The fourth-order valence-electron chi connectivity index (χ4n) is 1.72. The first-order valence-electron chi connectivity index (χ1n) is 4.95. The van der Waals surface area contributed by atoms with Crippen molar-refractivity contribution in [1.82, 2.24) is 5.43 Å². The second-order valence-corrected chi connectivity index (χ2v) is 4.99. The van der Waals surface area contributed by atoms with Gasteiger partial charge in [0.25, 0.3) is 0 Å². The van der Waals surface area contributed by atoms with Crippen LogP contribution in [-0.4, -0.2) is 32.7 Å². The summed E-state index contributed by atoms with van der Waals surface area (Å²) in [7, 11) is 0. The van der Waals surface area contributed by atoms with Crippen molar-refractivity contribution in [3.8, 4) is 0 Å². The molecule has 1 aliphatic rings. The van der Waals surface area contributed by atoms with Gasteiger partial charge in [0.2, 0.25) is 0 Å². The van der Waals surface area contributed by atoms with E-state index in [1.54, 1.807) is 0 Å². The topological polar surface area (TPSA) is 116 Å². The lowest BCUT2D eigenvalue weighted by Crippen LogP contribution is -2.40. The average Bonchev–Trinajstić information content (AvgIpc) is 2.24. The molecule has 0 unspecified atom stereocenters. The first kappa shape index (κ1) is 13.4. The van der Waals surface area contributed by atoms with E-state index in [-0.39, 0.29) is 22.0 Å². The van der Waals surface area contributed by atoms with Crippen molar-refractivity contribution in [2.24, 2.45) is 26.6 Å². The molecule has 0 aromatic heterocycles. The summed E-state index contributed by atoms with van der Waals surface area (Å²) in [6, 6.07) is 0. The Morgan fingerprint density at radius 1 is 1.29 bits per heavy atom. The first-order chi connectivity index (χ1) is 7.89. The van der Waals surface area contributed by atoms with E-state index in [9.17, 15) is 0 Å². The minimum atomic E-state index is -0.146. The molecule has 0 spiro atoms. The van der Waals surface area contributed by atoms with Crippen LogP contribution in [0.15, 0.2) is 15.4 Å². The Bertz CT molecular complexity index is 414. The lowest BCUT2D eigenvalue weighted by atomic mass is 9.74.